The molecule has 0 bridgehead atoms. The summed E-state index contributed by atoms with van der Waals surface area (Å²) in [6.07, 6.45) is 2.35. The standard InChI is InChI=1S/C15H15F2N3O/c16-11-4-3-10(7-12(11)17)19-14-6-5-13(18)15(20-14)21-8-9-1-2-9/h3-7,9H,1-2,8,18H2,(H,19,20). The van der Waals surface area contributed by atoms with Crippen LogP contribution in [-0.2, 0) is 0 Å². The Balaban J connectivity index is 1.74. The Bertz CT molecular complexity index is 659. The van der Waals surface area contributed by atoms with Gasteiger partial charge in [-0.1, -0.05) is 0 Å². The average molecular weight is 291 g/mol. The average Bonchev–Trinajstić information content (AvgIpc) is 3.28. The van der Waals surface area contributed by atoms with Gasteiger partial charge in [0.25, 0.3) is 0 Å². The third-order valence-corrected chi connectivity index (χ3v) is 3.23. The number of nitrogen functional groups attached to an aromatic ring is 1. The number of nitrogens with two attached hydrogens (primary N) is 1. The Kier molecular flexibility index (Phi) is 3.60. The lowest BCUT2D eigenvalue weighted by atomic mass is 10.3. The normalized spacial score (nSPS) is 14.0. The first-order valence-corrected chi connectivity index (χ1v) is 6.73. The van der Waals surface area contributed by atoms with Crippen LogP contribution >= 0.6 is 0 Å². The van der Waals surface area contributed by atoms with Crippen LogP contribution in [0, 0.1) is 17.6 Å². The summed E-state index contributed by atoms with van der Waals surface area (Å²) in [5.74, 6) is -0.399. The molecule has 0 saturated heterocycles. The predicted octanol–water partition coefficient (Wildman–Crippen LogP) is 3.47. The maximum absolute atomic E-state index is 13.2. The summed E-state index contributed by atoms with van der Waals surface area (Å²) in [4.78, 5) is 4.24. The van der Waals surface area contributed by atoms with Crippen molar-refractivity contribution in [3.63, 3.8) is 0 Å². The Labute approximate surface area is 120 Å². The van der Waals surface area contributed by atoms with Crippen LogP contribution in [0.2, 0.25) is 0 Å². The molecule has 0 radical (unpaired) electrons. The zero-order chi connectivity index (χ0) is 14.8. The number of pyridine rings is 1. The molecule has 1 heterocycles. The number of rotatable bonds is 5. The van der Waals surface area contributed by atoms with Gasteiger partial charge in [-0.15, -0.1) is 0 Å². The van der Waals surface area contributed by atoms with Crippen LogP contribution in [0.5, 0.6) is 5.88 Å². The first-order valence-electron chi connectivity index (χ1n) is 6.73. The lowest BCUT2D eigenvalue weighted by Gasteiger charge is -2.11. The fourth-order valence-corrected chi connectivity index (χ4v) is 1.84. The quantitative estimate of drug-likeness (QED) is 0.885. The van der Waals surface area contributed by atoms with Crippen LogP contribution in [0.4, 0.5) is 26.0 Å². The van der Waals surface area contributed by atoms with E-state index < -0.39 is 11.6 Å². The van der Waals surface area contributed by atoms with Gasteiger partial charge in [0, 0.05) is 11.8 Å². The summed E-state index contributed by atoms with van der Waals surface area (Å²) in [5.41, 5.74) is 6.66. The van der Waals surface area contributed by atoms with Crippen molar-refractivity contribution >= 4 is 17.2 Å². The number of nitrogens with one attached hydrogen (secondary N) is 1. The van der Waals surface area contributed by atoms with Gasteiger partial charge in [0.2, 0.25) is 5.88 Å². The third kappa shape index (κ3) is 3.39. The molecule has 110 valence electrons. The van der Waals surface area contributed by atoms with Crippen LogP contribution in [0.3, 0.4) is 0 Å². The first-order chi connectivity index (χ1) is 10.1. The molecule has 0 amide bonds. The second-order valence-corrected chi connectivity index (χ2v) is 5.10. The van der Waals surface area contributed by atoms with E-state index in [1.54, 1.807) is 12.1 Å². The van der Waals surface area contributed by atoms with Crippen molar-refractivity contribution in [1.29, 1.82) is 0 Å². The van der Waals surface area contributed by atoms with Crippen molar-refractivity contribution in [2.75, 3.05) is 17.7 Å². The van der Waals surface area contributed by atoms with Gasteiger partial charge in [0.1, 0.15) is 5.82 Å². The SMILES string of the molecule is Nc1ccc(Nc2ccc(F)c(F)c2)nc1OCC1CC1. The van der Waals surface area contributed by atoms with E-state index in [0.717, 1.165) is 12.1 Å². The fraction of sp³-hybridized carbons (Fsp3) is 0.267. The van der Waals surface area contributed by atoms with Crippen LogP contribution in [0.25, 0.3) is 0 Å². The zero-order valence-electron chi connectivity index (χ0n) is 11.3. The molecule has 1 aromatic carbocycles. The highest BCUT2D eigenvalue weighted by atomic mass is 19.2. The van der Waals surface area contributed by atoms with E-state index in [-0.39, 0.29) is 0 Å². The van der Waals surface area contributed by atoms with Gasteiger partial charge in [0.05, 0.1) is 12.3 Å². The first kappa shape index (κ1) is 13.6. The molecule has 1 aliphatic carbocycles. The molecule has 0 spiro atoms. The number of hydrogen-bond donors (Lipinski definition) is 2. The largest absolute Gasteiger partial charge is 0.476 e. The van der Waals surface area contributed by atoms with E-state index in [1.807, 2.05) is 0 Å². The maximum Gasteiger partial charge on any atom is 0.239 e. The molecule has 1 aromatic heterocycles. The highest BCUT2D eigenvalue weighted by Crippen LogP contribution is 2.31. The molecule has 6 heteroatoms. The second kappa shape index (κ2) is 5.55. The molecule has 1 fully saturated rings. The smallest absolute Gasteiger partial charge is 0.239 e. The molecule has 3 N–H and O–H groups in total. The van der Waals surface area contributed by atoms with Gasteiger partial charge in [-0.2, -0.15) is 4.98 Å². The maximum atomic E-state index is 13.2. The number of anilines is 3. The fourth-order valence-electron chi connectivity index (χ4n) is 1.84. The van der Waals surface area contributed by atoms with E-state index in [0.29, 0.717) is 35.6 Å². The number of ether oxygens (including phenoxy) is 1. The molecule has 3 rings (SSSR count). The van der Waals surface area contributed by atoms with Gasteiger partial charge >= 0.3 is 0 Å². The minimum atomic E-state index is -0.916. The van der Waals surface area contributed by atoms with Crippen molar-refractivity contribution in [2.45, 2.75) is 12.8 Å². The van der Waals surface area contributed by atoms with E-state index in [9.17, 15) is 8.78 Å². The third-order valence-electron chi connectivity index (χ3n) is 3.23. The molecule has 4 nitrogen and oxygen atoms in total. The summed E-state index contributed by atoms with van der Waals surface area (Å²) in [6, 6.07) is 6.87. The van der Waals surface area contributed by atoms with Crippen LogP contribution in [-0.4, -0.2) is 11.6 Å². The Hall–Kier alpha value is -2.37. The predicted molar refractivity (Wildman–Crippen MR) is 76.5 cm³/mol. The monoisotopic (exact) mass is 291 g/mol. The van der Waals surface area contributed by atoms with E-state index in [2.05, 4.69) is 10.3 Å². The molecular weight excluding hydrogens is 276 g/mol. The summed E-state index contributed by atoms with van der Waals surface area (Å²) < 4.78 is 31.6. The number of benzene rings is 1. The van der Waals surface area contributed by atoms with Gasteiger partial charge in [0.15, 0.2) is 11.6 Å². The Morgan fingerprint density at radius 3 is 2.71 bits per heavy atom. The molecule has 21 heavy (non-hydrogen) atoms. The minimum absolute atomic E-state index is 0.356. The van der Waals surface area contributed by atoms with E-state index in [1.165, 1.54) is 18.9 Å². The molecular formula is C15H15F2N3O. The van der Waals surface area contributed by atoms with Crippen molar-refractivity contribution < 1.29 is 13.5 Å². The van der Waals surface area contributed by atoms with Crippen LogP contribution < -0.4 is 15.8 Å². The molecule has 1 saturated carbocycles. The van der Waals surface area contributed by atoms with Gasteiger partial charge in [-0.3, -0.25) is 0 Å². The lowest BCUT2D eigenvalue weighted by molar-refractivity contribution is 0.290. The highest BCUT2D eigenvalue weighted by Gasteiger charge is 2.22. The van der Waals surface area contributed by atoms with E-state index in [4.69, 9.17) is 10.5 Å². The molecule has 1 aliphatic rings. The molecule has 0 atom stereocenters. The molecule has 0 unspecified atom stereocenters. The van der Waals surface area contributed by atoms with Gasteiger partial charge in [-0.05, 0) is 43.0 Å². The summed E-state index contributed by atoms with van der Waals surface area (Å²) in [5, 5.41) is 2.89. The van der Waals surface area contributed by atoms with Crippen molar-refractivity contribution in [3.05, 3.63) is 42.0 Å². The van der Waals surface area contributed by atoms with Crippen molar-refractivity contribution in [3.8, 4) is 5.88 Å². The summed E-state index contributed by atoms with van der Waals surface area (Å²) in [6.45, 7) is 0.603. The Morgan fingerprint density at radius 2 is 2.00 bits per heavy atom. The van der Waals surface area contributed by atoms with E-state index >= 15 is 0 Å². The molecule has 2 aromatic rings. The lowest BCUT2D eigenvalue weighted by Crippen LogP contribution is -2.05. The second-order valence-electron chi connectivity index (χ2n) is 5.10. The van der Waals surface area contributed by atoms with Gasteiger partial charge in [-0.25, -0.2) is 8.78 Å². The topological polar surface area (TPSA) is 60.2 Å². The Morgan fingerprint density at radius 1 is 1.19 bits per heavy atom. The highest BCUT2D eigenvalue weighted by molar-refractivity contribution is 5.60. The number of aromatic nitrogens is 1. The zero-order valence-corrected chi connectivity index (χ0v) is 11.3. The van der Waals surface area contributed by atoms with Crippen LogP contribution in [0.15, 0.2) is 30.3 Å². The number of nitrogens with zero attached hydrogens (tertiary/aromatic N) is 1. The van der Waals surface area contributed by atoms with Crippen molar-refractivity contribution in [2.24, 2.45) is 5.92 Å². The van der Waals surface area contributed by atoms with Crippen LogP contribution in [0.1, 0.15) is 12.8 Å². The van der Waals surface area contributed by atoms with Gasteiger partial charge < -0.3 is 15.8 Å². The summed E-state index contributed by atoms with van der Waals surface area (Å²) >= 11 is 0. The van der Waals surface area contributed by atoms with Crippen molar-refractivity contribution in [1.82, 2.24) is 4.98 Å². The number of halogens is 2. The summed E-state index contributed by atoms with van der Waals surface area (Å²) in [7, 11) is 0. The molecule has 0 aliphatic heterocycles. The number of hydrogen-bond acceptors (Lipinski definition) is 4. The minimum Gasteiger partial charge on any atom is -0.476 e.